The number of nitrogens with two attached hydrogens (primary N) is 1. The predicted molar refractivity (Wildman–Crippen MR) is 72.1 cm³/mol. The van der Waals surface area contributed by atoms with Gasteiger partial charge in [-0.1, -0.05) is 31.4 Å². The summed E-state index contributed by atoms with van der Waals surface area (Å²) in [5, 5.41) is 0.739. The molecule has 94 valence electrons. The molecule has 2 N–H and O–H groups in total. The molecule has 0 radical (unpaired) electrons. The smallest absolute Gasteiger partial charge is 0.0736 e. The van der Waals surface area contributed by atoms with Gasteiger partial charge < -0.3 is 10.5 Å². The molecule has 3 heteroatoms. The first-order valence-electron chi connectivity index (χ1n) is 6.32. The third-order valence-corrected chi connectivity index (χ3v) is 3.92. The Balaban J connectivity index is 1.94. The van der Waals surface area contributed by atoms with Gasteiger partial charge in [0, 0.05) is 10.7 Å². The van der Waals surface area contributed by atoms with Gasteiger partial charge in [-0.25, -0.2) is 0 Å². The lowest BCUT2D eigenvalue weighted by Gasteiger charge is -2.28. The molecule has 0 amide bonds. The molecule has 1 aliphatic carbocycles. The molecule has 2 unspecified atom stereocenters. The molecule has 17 heavy (non-hydrogen) atoms. The van der Waals surface area contributed by atoms with Crippen molar-refractivity contribution in [2.24, 2.45) is 5.92 Å². The number of hydrogen-bond donors (Lipinski definition) is 1. The zero-order valence-electron chi connectivity index (χ0n) is 10.3. The summed E-state index contributed by atoms with van der Waals surface area (Å²) in [6, 6.07) is 5.55. The van der Waals surface area contributed by atoms with E-state index in [4.69, 9.17) is 22.1 Å². The van der Waals surface area contributed by atoms with Crippen LogP contribution in [0.15, 0.2) is 18.2 Å². The van der Waals surface area contributed by atoms with E-state index in [0.717, 1.165) is 16.3 Å². The average Bonchev–Trinajstić information content (AvgIpc) is 2.32. The van der Waals surface area contributed by atoms with Crippen molar-refractivity contribution in [2.45, 2.75) is 45.3 Å². The minimum atomic E-state index is 0.376. The summed E-state index contributed by atoms with van der Waals surface area (Å²) in [6.45, 7) is 2.84. The van der Waals surface area contributed by atoms with Crippen molar-refractivity contribution < 1.29 is 4.74 Å². The monoisotopic (exact) mass is 253 g/mol. The maximum Gasteiger partial charge on any atom is 0.0736 e. The normalized spacial score (nSPS) is 24.8. The van der Waals surface area contributed by atoms with Crippen LogP contribution in [-0.2, 0) is 11.3 Å². The zero-order valence-corrected chi connectivity index (χ0v) is 11.0. The Morgan fingerprint density at radius 1 is 1.35 bits per heavy atom. The molecule has 0 bridgehead atoms. The Labute approximate surface area is 108 Å². The molecule has 1 fully saturated rings. The van der Waals surface area contributed by atoms with Crippen molar-refractivity contribution in [3.05, 3.63) is 28.8 Å². The minimum absolute atomic E-state index is 0.376. The van der Waals surface area contributed by atoms with Crippen LogP contribution in [0.4, 0.5) is 5.69 Å². The van der Waals surface area contributed by atoms with Crippen LogP contribution in [0.1, 0.15) is 38.2 Å². The van der Waals surface area contributed by atoms with Gasteiger partial charge in [-0.3, -0.25) is 0 Å². The van der Waals surface area contributed by atoms with E-state index in [1.807, 2.05) is 18.2 Å². The summed E-state index contributed by atoms with van der Waals surface area (Å²) >= 11 is 6.11. The van der Waals surface area contributed by atoms with E-state index < -0.39 is 0 Å². The van der Waals surface area contributed by atoms with E-state index in [-0.39, 0.29) is 0 Å². The SMILES string of the molecule is CC1CCCCC1OCc1cc(N)ccc1Cl. The van der Waals surface area contributed by atoms with Crippen molar-refractivity contribution in [3.63, 3.8) is 0 Å². The fraction of sp³-hybridized carbons (Fsp3) is 0.571. The quantitative estimate of drug-likeness (QED) is 0.826. The highest BCUT2D eigenvalue weighted by atomic mass is 35.5. The lowest BCUT2D eigenvalue weighted by molar-refractivity contribution is -0.0154. The second-order valence-electron chi connectivity index (χ2n) is 4.96. The number of benzene rings is 1. The molecule has 0 aromatic heterocycles. The van der Waals surface area contributed by atoms with Crippen LogP contribution in [0, 0.1) is 5.92 Å². The van der Waals surface area contributed by atoms with Gasteiger partial charge in [0.25, 0.3) is 0 Å². The standard InChI is InChI=1S/C14H20ClNO/c1-10-4-2-3-5-14(10)17-9-11-8-12(16)6-7-13(11)15/h6-8,10,14H,2-5,9,16H2,1H3. The number of rotatable bonds is 3. The Morgan fingerprint density at radius 3 is 2.88 bits per heavy atom. The highest BCUT2D eigenvalue weighted by Gasteiger charge is 2.21. The molecule has 0 heterocycles. The molecule has 2 nitrogen and oxygen atoms in total. The molecule has 1 aromatic rings. The van der Waals surface area contributed by atoms with Gasteiger partial charge in [-0.15, -0.1) is 0 Å². The highest BCUT2D eigenvalue weighted by Crippen LogP contribution is 2.28. The summed E-state index contributed by atoms with van der Waals surface area (Å²) < 4.78 is 5.98. The Kier molecular flexibility index (Phi) is 4.30. The van der Waals surface area contributed by atoms with Gasteiger partial charge >= 0.3 is 0 Å². The van der Waals surface area contributed by atoms with E-state index in [2.05, 4.69) is 6.92 Å². The molecule has 1 aliphatic rings. The summed E-state index contributed by atoms with van der Waals surface area (Å²) in [7, 11) is 0. The molecule has 2 atom stereocenters. The van der Waals surface area contributed by atoms with E-state index >= 15 is 0 Å². The first kappa shape index (κ1) is 12.7. The lowest BCUT2D eigenvalue weighted by Crippen LogP contribution is -2.25. The first-order valence-corrected chi connectivity index (χ1v) is 6.70. The van der Waals surface area contributed by atoms with Crippen LogP contribution in [0.3, 0.4) is 0 Å². The topological polar surface area (TPSA) is 35.2 Å². The Bertz CT molecular complexity index is 380. The third kappa shape index (κ3) is 3.36. The van der Waals surface area contributed by atoms with Gasteiger partial charge in [0.1, 0.15) is 0 Å². The van der Waals surface area contributed by atoms with E-state index in [0.29, 0.717) is 18.6 Å². The number of hydrogen-bond acceptors (Lipinski definition) is 2. The molecular weight excluding hydrogens is 234 g/mol. The third-order valence-electron chi connectivity index (χ3n) is 3.56. The Morgan fingerprint density at radius 2 is 2.12 bits per heavy atom. The van der Waals surface area contributed by atoms with Gasteiger partial charge in [-0.2, -0.15) is 0 Å². The molecule has 0 aliphatic heterocycles. The predicted octanol–water partition coefficient (Wildman–Crippen LogP) is 4.02. The highest BCUT2D eigenvalue weighted by molar-refractivity contribution is 6.31. The number of ether oxygens (including phenoxy) is 1. The van der Waals surface area contributed by atoms with Gasteiger partial charge in [0.05, 0.1) is 12.7 Å². The van der Waals surface area contributed by atoms with E-state index in [1.54, 1.807) is 0 Å². The van der Waals surface area contributed by atoms with Crippen LogP contribution in [0.2, 0.25) is 5.02 Å². The van der Waals surface area contributed by atoms with Crippen molar-refractivity contribution in [1.82, 2.24) is 0 Å². The van der Waals surface area contributed by atoms with Crippen LogP contribution in [0.25, 0.3) is 0 Å². The van der Waals surface area contributed by atoms with Crippen molar-refractivity contribution in [1.29, 1.82) is 0 Å². The lowest BCUT2D eigenvalue weighted by atomic mass is 9.88. The fourth-order valence-electron chi connectivity index (χ4n) is 2.43. The number of halogens is 1. The van der Waals surface area contributed by atoms with Gasteiger partial charge in [0.15, 0.2) is 0 Å². The molecule has 2 rings (SSSR count). The number of nitrogen functional groups attached to an aromatic ring is 1. The summed E-state index contributed by atoms with van der Waals surface area (Å²) in [5.41, 5.74) is 7.48. The molecule has 0 spiro atoms. The van der Waals surface area contributed by atoms with Crippen LogP contribution < -0.4 is 5.73 Å². The maximum atomic E-state index is 6.11. The van der Waals surface area contributed by atoms with Crippen molar-refractivity contribution >= 4 is 17.3 Å². The van der Waals surface area contributed by atoms with Crippen molar-refractivity contribution in [3.8, 4) is 0 Å². The Hall–Kier alpha value is -0.730. The fourth-order valence-corrected chi connectivity index (χ4v) is 2.60. The van der Waals surface area contributed by atoms with Crippen LogP contribution in [0.5, 0.6) is 0 Å². The van der Waals surface area contributed by atoms with Crippen LogP contribution in [-0.4, -0.2) is 6.10 Å². The molecule has 1 aromatic carbocycles. The average molecular weight is 254 g/mol. The van der Waals surface area contributed by atoms with Gasteiger partial charge in [-0.05, 0) is 42.5 Å². The first-order chi connectivity index (χ1) is 8.16. The maximum absolute atomic E-state index is 6.11. The number of anilines is 1. The minimum Gasteiger partial charge on any atom is -0.399 e. The molecule has 0 saturated heterocycles. The van der Waals surface area contributed by atoms with E-state index in [1.165, 1.54) is 25.7 Å². The second-order valence-corrected chi connectivity index (χ2v) is 5.37. The summed E-state index contributed by atoms with van der Waals surface area (Å²) in [6.07, 6.45) is 5.43. The van der Waals surface area contributed by atoms with E-state index in [9.17, 15) is 0 Å². The van der Waals surface area contributed by atoms with Crippen molar-refractivity contribution in [2.75, 3.05) is 5.73 Å². The molecule has 1 saturated carbocycles. The largest absolute Gasteiger partial charge is 0.399 e. The summed E-state index contributed by atoms with van der Waals surface area (Å²) in [5.74, 6) is 0.656. The van der Waals surface area contributed by atoms with Gasteiger partial charge in [0.2, 0.25) is 0 Å². The molecular formula is C14H20ClNO. The second kappa shape index (κ2) is 5.74. The zero-order chi connectivity index (χ0) is 12.3. The van der Waals surface area contributed by atoms with Crippen LogP contribution >= 0.6 is 11.6 Å². The summed E-state index contributed by atoms with van der Waals surface area (Å²) in [4.78, 5) is 0.